The fourth-order valence-corrected chi connectivity index (χ4v) is 3.01. The van der Waals surface area contributed by atoms with Crippen LogP contribution in [0.15, 0.2) is 24.3 Å². The SMILES string of the molecule is CCOc1ccc(C(=O)C2(CN)CCC(C)CC2)cc1. The molecule has 0 unspecified atom stereocenters. The second kappa shape index (κ2) is 6.40. The van der Waals surface area contributed by atoms with Crippen LogP contribution in [0.4, 0.5) is 0 Å². The van der Waals surface area contributed by atoms with Gasteiger partial charge >= 0.3 is 0 Å². The molecule has 0 bridgehead atoms. The Labute approximate surface area is 121 Å². The largest absolute Gasteiger partial charge is 0.494 e. The lowest BCUT2D eigenvalue weighted by atomic mass is 9.67. The molecule has 0 aromatic heterocycles. The minimum Gasteiger partial charge on any atom is -0.494 e. The first-order chi connectivity index (χ1) is 9.61. The van der Waals surface area contributed by atoms with E-state index in [2.05, 4.69) is 6.92 Å². The van der Waals surface area contributed by atoms with Crippen LogP contribution < -0.4 is 10.5 Å². The van der Waals surface area contributed by atoms with Crippen molar-refractivity contribution in [2.45, 2.75) is 39.5 Å². The van der Waals surface area contributed by atoms with Crippen LogP contribution >= 0.6 is 0 Å². The van der Waals surface area contributed by atoms with Crippen LogP contribution in [0, 0.1) is 11.3 Å². The van der Waals surface area contributed by atoms with Gasteiger partial charge in [-0.25, -0.2) is 0 Å². The number of nitrogens with two attached hydrogens (primary N) is 1. The summed E-state index contributed by atoms with van der Waals surface area (Å²) in [5, 5.41) is 0. The molecule has 1 aliphatic rings. The van der Waals surface area contributed by atoms with Gasteiger partial charge in [0, 0.05) is 17.5 Å². The van der Waals surface area contributed by atoms with Gasteiger partial charge in [0.25, 0.3) is 0 Å². The number of hydrogen-bond acceptors (Lipinski definition) is 3. The van der Waals surface area contributed by atoms with Gasteiger partial charge < -0.3 is 10.5 Å². The molecular formula is C17H25NO2. The predicted molar refractivity (Wildman–Crippen MR) is 81.1 cm³/mol. The topological polar surface area (TPSA) is 52.3 Å². The third-order valence-electron chi connectivity index (χ3n) is 4.53. The van der Waals surface area contributed by atoms with Crippen molar-refractivity contribution in [2.75, 3.05) is 13.2 Å². The average Bonchev–Trinajstić information content (AvgIpc) is 2.49. The van der Waals surface area contributed by atoms with Crippen molar-refractivity contribution >= 4 is 5.78 Å². The van der Waals surface area contributed by atoms with Crippen molar-refractivity contribution in [3.8, 4) is 5.75 Å². The third-order valence-corrected chi connectivity index (χ3v) is 4.53. The molecule has 0 atom stereocenters. The van der Waals surface area contributed by atoms with Crippen LogP contribution in [-0.2, 0) is 0 Å². The molecule has 1 fully saturated rings. The lowest BCUT2D eigenvalue weighted by Gasteiger charge is -2.37. The Bertz CT molecular complexity index is 445. The van der Waals surface area contributed by atoms with Crippen LogP contribution in [-0.4, -0.2) is 18.9 Å². The second-order valence-corrected chi connectivity index (χ2v) is 5.95. The number of rotatable bonds is 5. The van der Waals surface area contributed by atoms with E-state index in [1.807, 2.05) is 31.2 Å². The number of benzene rings is 1. The van der Waals surface area contributed by atoms with Gasteiger partial charge in [-0.2, -0.15) is 0 Å². The second-order valence-electron chi connectivity index (χ2n) is 5.95. The molecule has 2 N–H and O–H groups in total. The van der Waals surface area contributed by atoms with E-state index in [9.17, 15) is 4.79 Å². The summed E-state index contributed by atoms with van der Waals surface area (Å²) < 4.78 is 5.42. The fourth-order valence-electron chi connectivity index (χ4n) is 3.01. The van der Waals surface area contributed by atoms with Crippen molar-refractivity contribution in [1.82, 2.24) is 0 Å². The molecule has 0 amide bonds. The van der Waals surface area contributed by atoms with Gasteiger partial charge in [0.15, 0.2) is 5.78 Å². The van der Waals surface area contributed by atoms with Crippen LogP contribution in [0.1, 0.15) is 49.9 Å². The van der Waals surface area contributed by atoms with E-state index in [0.29, 0.717) is 19.1 Å². The predicted octanol–water partition coefficient (Wildman–Crippen LogP) is 3.42. The summed E-state index contributed by atoms with van der Waals surface area (Å²) in [4.78, 5) is 12.8. The molecule has 3 heteroatoms. The van der Waals surface area contributed by atoms with Gasteiger partial charge in [0.2, 0.25) is 0 Å². The Kier molecular flexibility index (Phi) is 4.81. The van der Waals surface area contributed by atoms with E-state index in [1.54, 1.807) is 0 Å². The highest BCUT2D eigenvalue weighted by Crippen LogP contribution is 2.40. The maximum atomic E-state index is 12.8. The first-order valence-electron chi connectivity index (χ1n) is 7.59. The van der Waals surface area contributed by atoms with Gasteiger partial charge in [-0.3, -0.25) is 4.79 Å². The Hall–Kier alpha value is -1.35. The van der Waals surface area contributed by atoms with E-state index in [-0.39, 0.29) is 11.2 Å². The molecule has 3 nitrogen and oxygen atoms in total. The summed E-state index contributed by atoms with van der Waals surface area (Å²) in [5.41, 5.74) is 6.36. The Balaban J connectivity index is 2.16. The van der Waals surface area contributed by atoms with E-state index in [4.69, 9.17) is 10.5 Å². The summed E-state index contributed by atoms with van der Waals surface area (Å²) >= 11 is 0. The lowest BCUT2D eigenvalue weighted by molar-refractivity contribution is 0.0695. The molecule has 1 aromatic rings. The van der Waals surface area contributed by atoms with Crippen LogP contribution in [0.3, 0.4) is 0 Å². The van der Waals surface area contributed by atoms with Crippen molar-refractivity contribution in [1.29, 1.82) is 0 Å². The zero-order valence-electron chi connectivity index (χ0n) is 12.5. The molecule has 1 aromatic carbocycles. The molecule has 0 saturated heterocycles. The van der Waals surface area contributed by atoms with Crippen LogP contribution in [0.2, 0.25) is 0 Å². The maximum Gasteiger partial charge on any atom is 0.170 e. The van der Waals surface area contributed by atoms with E-state index in [0.717, 1.165) is 37.0 Å². The molecule has 2 rings (SSSR count). The molecule has 110 valence electrons. The van der Waals surface area contributed by atoms with E-state index < -0.39 is 0 Å². The Morgan fingerprint density at radius 1 is 1.30 bits per heavy atom. The molecular weight excluding hydrogens is 250 g/mol. The van der Waals surface area contributed by atoms with Gasteiger partial charge in [-0.1, -0.05) is 6.92 Å². The number of ether oxygens (including phenoxy) is 1. The minimum absolute atomic E-state index is 0.204. The summed E-state index contributed by atoms with van der Waals surface area (Å²) in [6.45, 7) is 5.29. The average molecular weight is 275 g/mol. The molecule has 0 radical (unpaired) electrons. The van der Waals surface area contributed by atoms with Gasteiger partial charge in [0.1, 0.15) is 5.75 Å². The number of carbonyl (C=O) groups is 1. The van der Waals surface area contributed by atoms with Crippen molar-refractivity contribution in [3.05, 3.63) is 29.8 Å². The van der Waals surface area contributed by atoms with Crippen molar-refractivity contribution in [2.24, 2.45) is 17.1 Å². The highest BCUT2D eigenvalue weighted by atomic mass is 16.5. The summed E-state index contributed by atoms with van der Waals surface area (Å²) in [7, 11) is 0. The summed E-state index contributed by atoms with van der Waals surface area (Å²) in [6, 6.07) is 7.46. The first kappa shape index (κ1) is 15.0. The quantitative estimate of drug-likeness (QED) is 0.838. The van der Waals surface area contributed by atoms with Crippen molar-refractivity contribution < 1.29 is 9.53 Å². The molecule has 0 heterocycles. The zero-order valence-corrected chi connectivity index (χ0v) is 12.5. The first-order valence-corrected chi connectivity index (χ1v) is 7.59. The molecule has 0 spiro atoms. The van der Waals surface area contributed by atoms with Crippen molar-refractivity contribution in [3.63, 3.8) is 0 Å². The molecule has 0 aliphatic heterocycles. The molecule has 1 saturated carbocycles. The normalized spacial score (nSPS) is 26.2. The van der Waals surface area contributed by atoms with Crippen LogP contribution in [0.5, 0.6) is 5.75 Å². The van der Waals surface area contributed by atoms with Gasteiger partial charge in [0.05, 0.1) is 6.61 Å². The number of hydrogen-bond donors (Lipinski definition) is 1. The van der Waals surface area contributed by atoms with Gasteiger partial charge in [-0.15, -0.1) is 0 Å². The summed E-state index contributed by atoms with van der Waals surface area (Å²) in [5.74, 6) is 1.72. The molecule has 20 heavy (non-hydrogen) atoms. The Morgan fingerprint density at radius 3 is 2.40 bits per heavy atom. The minimum atomic E-state index is -0.348. The fraction of sp³-hybridized carbons (Fsp3) is 0.588. The smallest absolute Gasteiger partial charge is 0.170 e. The van der Waals surface area contributed by atoms with Crippen LogP contribution in [0.25, 0.3) is 0 Å². The highest BCUT2D eigenvalue weighted by Gasteiger charge is 2.39. The summed E-state index contributed by atoms with van der Waals surface area (Å²) in [6.07, 6.45) is 4.02. The van der Waals surface area contributed by atoms with Gasteiger partial charge in [-0.05, 0) is 62.8 Å². The number of ketones is 1. The number of carbonyl (C=O) groups excluding carboxylic acids is 1. The zero-order chi connectivity index (χ0) is 14.6. The van der Waals surface area contributed by atoms with E-state index >= 15 is 0 Å². The monoisotopic (exact) mass is 275 g/mol. The highest BCUT2D eigenvalue weighted by molar-refractivity contribution is 6.00. The third kappa shape index (κ3) is 3.04. The Morgan fingerprint density at radius 2 is 1.90 bits per heavy atom. The molecule has 1 aliphatic carbocycles. The standard InChI is InChI=1S/C17H25NO2/c1-3-20-15-6-4-14(5-7-15)16(19)17(12-18)10-8-13(2)9-11-17/h4-7,13H,3,8-12,18H2,1-2H3. The van der Waals surface area contributed by atoms with E-state index in [1.165, 1.54) is 0 Å². The lowest BCUT2D eigenvalue weighted by Crippen LogP contribution is -2.41. The maximum absolute atomic E-state index is 12.8. The number of Topliss-reactive ketones (excluding diaryl/α,β-unsaturated/α-hetero) is 1.